The number of H-pyrrole nitrogens is 1. The molecule has 10 heavy (non-hydrogen) atoms. The first kappa shape index (κ1) is 6.73. The predicted molar refractivity (Wildman–Crippen MR) is 39.4 cm³/mol. The van der Waals surface area contributed by atoms with Crippen LogP contribution in [0.5, 0.6) is 0 Å². The van der Waals surface area contributed by atoms with Crippen LogP contribution in [0.15, 0.2) is 17.5 Å². The van der Waals surface area contributed by atoms with Gasteiger partial charge in [0, 0.05) is 17.3 Å². The number of hydrogen-bond donors (Lipinski definition) is 1. The van der Waals surface area contributed by atoms with E-state index in [4.69, 9.17) is 5.53 Å². The van der Waals surface area contributed by atoms with Crippen molar-refractivity contribution in [2.45, 2.75) is 0 Å². The van der Waals surface area contributed by atoms with Crippen molar-refractivity contribution in [3.8, 4) is 0 Å². The summed E-state index contributed by atoms with van der Waals surface area (Å²) in [6.45, 7) is 0. The lowest BCUT2D eigenvalue weighted by atomic mass is 10.6. The van der Waals surface area contributed by atoms with Crippen molar-refractivity contribution >= 4 is 17.2 Å². The van der Waals surface area contributed by atoms with Crippen molar-refractivity contribution in [3.05, 3.63) is 28.7 Å². The minimum atomic E-state index is 0.132. The first-order chi connectivity index (χ1) is 4.84. The van der Waals surface area contributed by atoms with Crippen LogP contribution in [0.2, 0.25) is 0 Å². The van der Waals surface area contributed by atoms with E-state index in [0.29, 0.717) is 5.82 Å². The fourth-order valence-corrected chi connectivity index (χ4v) is 0.618. The molecule has 0 amide bonds. The Balaban J connectivity index is 2.87. The highest BCUT2D eigenvalue weighted by Gasteiger charge is 1.97. The molecule has 1 aromatic rings. The molecule has 0 unspecified atom stereocenters. The van der Waals surface area contributed by atoms with Crippen LogP contribution in [0.4, 0.5) is 0 Å². The van der Waals surface area contributed by atoms with E-state index in [-0.39, 0.29) is 4.99 Å². The molecule has 0 spiro atoms. The van der Waals surface area contributed by atoms with Crippen LogP contribution < -0.4 is 0 Å². The molecule has 1 heterocycles. The summed E-state index contributed by atoms with van der Waals surface area (Å²) in [4.78, 5) is 9.12. The zero-order valence-corrected chi connectivity index (χ0v) is 5.67. The molecule has 0 atom stereocenters. The second-order valence-corrected chi connectivity index (χ2v) is 1.82. The van der Waals surface area contributed by atoms with Gasteiger partial charge >= 0.3 is 0 Å². The smallest absolute Gasteiger partial charge is 0.150 e. The number of aromatic amines is 1. The van der Waals surface area contributed by atoms with Gasteiger partial charge in [0.1, 0.15) is 4.99 Å². The third-order valence-corrected chi connectivity index (χ3v) is 1.11. The van der Waals surface area contributed by atoms with Gasteiger partial charge in [-0.2, -0.15) is 0 Å². The summed E-state index contributed by atoms with van der Waals surface area (Å²) in [7, 11) is 0. The van der Waals surface area contributed by atoms with Crippen molar-refractivity contribution in [1.29, 1.82) is 0 Å². The number of imidazole rings is 1. The fourth-order valence-electron chi connectivity index (χ4n) is 0.470. The van der Waals surface area contributed by atoms with Crippen LogP contribution in [-0.2, 0) is 0 Å². The molecular formula is C4H3N5S. The highest BCUT2D eigenvalue weighted by molar-refractivity contribution is 7.80. The second-order valence-electron chi connectivity index (χ2n) is 1.43. The normalized spacial score (nSPS) is 8.40. The molecule has 0 radical (unpaired) electrons. The highest BCUT2D eigenvalue weighted by atomic mass is 32.1. The number of thiocarbonyl (C=S) groups is 1. The van der Waals surface area contributed by atoms with E-state index in [2.05, 4.69) is 32.2 Å². The molecule has 0 bridgehead atoms. The lowest BCUT2D eigenvalue weighted by Crippen LogP contribution is -1.93. The zero-order valence-electron chi connectivity index (χ0n) is 4.85. The third kappa shape index (κ3) is 1.31. The van der Waals surface area contributed by atoms with Gasteiger partial charge in [0.05, 0.1) is 0 Å². The van der Waals surface area contributed by atoms with E-state index in [1.165, 1.54) is 6.20 Å². The molecule has 0 aliphatic rings. The molecular weight excluding hydrogens is 150 g/mol. The molecule has 50 valence electrons. The fraction of sp³-hybridized carbons (Fsp3) is 0. The molecule has 0 aliphatic heterocycles. The summed E-state index contributed by atoms with van der Waals surface area (Å²) in [5, 5.41) is 3.19. The average Bonchev–Trinajstić information content (AvgIpc) is 2.38. The lowest BCUT2D eigenvalue weighted by Gasteiger charge is -1.84. The Kier molecular flexibility index (Phi) is 1.99. The average molecular weight is 153 g/mol. The van der Waals surface area contributed by atoms with Gasteiger partial charge in [-0.25, -0.2) is 4.98 Å². The monoisotopic (exact) mass is 153 g/mol. The molecule has 5 nitrogen and oxygen atoms in total. The molecule has 1 rings (SSSR count). The Hall–Kier alpha value is -1.39. The summed E-state index contributed by atoms with van der Waals surface area (Å²) in [6, 6.07) is 0. The van der Waals surface area contributed by atoms with E-state index in [1.807, 2.05) is 0 Å². The van der Waals surface area contributed by atoms with Gasteiger partial charge in [0.25, 0.3) is 0 Å². The lowest BCUT2D eigenvalue weighted by molar-refractivity contribution is 1.26. The van der Waals surface area contributed by atoms with Crippen molar-refractivity contribution in [1.82, 2.24) is 9.97 Å². The standard InChI is InChI=1S/C4H3N5S/c5-9-8-4(10)3-6-1-2-7-3/h1-2H,(H,6,7). The number of hydrogen-bond acceptors (Lipinski definition) is 2. The number of aromatic nitrogens is 2. The van der Waals surface area contributed by atoms with Crippen LogP contribution >= 0.6 is 12.2 Å². The number of rotatable bonds is 1. The summed E-state index contributed by atoms with van der Waals surface area (Å²) in [6.07, 6.45) is 3.14. The number of nitrogens with zero attached hydrogens (tertiary/aromatic N) is 4. The Morgan fingerprint density at radius 1 is 1.90 bits per heavy atom. The zero-order chi connectivity index (χ0) is 7.40. The van der Waals surface area contributed by atoms with Crippen LogP contribution in [0.3, 0.4) is 0 Å². The Bertz CT molecular complexity index is 270. The SMILES string of the molecule is [N-]=[N+]=NC(=S)c1ncc[nH]1. The molecule has 0 saturated carbocycles. The van der Waals surface area contributed by atoms with Crippen molar-refractivity contribution in [2.75, 3.05) is 0 Å². The molecule has 6 heteroatoms. The minimum Gasteiger partial charge on any atom is -0.344 e. The molecule has 0 aromatic carbocycles. The van der Waals surface area contributed by atoms with Crippen LogP contribution in [0.25, 0.3) is 10.4 Å². The Morgan fingerprint density at radius 2 is 2.70 bits per heavy atom. The maximum absolute atomic E-state index is 7.96. The van der Waals surface area contributed by atoms with Gasteiger partial charge < -0.3 is 4.98 Å². The van der Waals surface area contributed by atoms with Gasteiger partial charge in [-0.05, 0) is 10.6 Å². The first-order valence-corrected chi connectivity index (χ1v) is 2.84. The van der Waals surface area contributed by atoms with Crippen LogP contribution in [0.1, 0.15) is 5.82 Å². The topological polar surface area (TPSA) is 77.4 Å². The predicted octanol–water partition coefficient (Wildman–Crippen LogP) is 1.40. The largest absolute Gasteiger partial charge is 0.344 e. The summed E-state index contributed by atoms with van der Waals surface area (Å²) in [5.41, 5.74) is 7.96. The van der Waals surface area contributed by atoms with Gasteiger partial charge in [-0.1, -0.05) is 12.2 Å². The molecule has 0 aliphatic carbocycles. The van der Waals surface area contributed by atoms with Crippen molar-refractivity contribution in [3.63, 3.8) is 0 Å². The van der Waals surface area contributed by atoms with Crippen molar-refractivity contribution < 1.29 is 0 Å². The first-order valence-electron chi connectivity index (χ1n) is 2.43. The molecule has 1 aromatic heterocycles. The summed E-state index contributed by atoms with van der Waals surface area (Å²) >= 11 is 4.66. The van der Waals surface area contributed by atoms with Gasteiger partial charge in [-0.15, -0.1) is 0 Å². The highest BCUT2D eigenvalue weighted by Crippen LogP contribution is 1.93. The maximum atomic E-state index is 7.96. The van der Waals surface area contributed by atoms with Gasteiger partial charge in [0.2, 0.25) is 0 Å². The summed E-state index contributed by atoms with van der Waals surface area (Å²) < 4.78 is 0. The number of azide groups is 1. The Morgan fingerprint density at radius 3 is 3.20 bits per heavy atom. The van der Waals surface area contributed by atoms with Crippen LogP contribution in [-0.4, -0.2) is 15.0 Å². The van der Waals surface area contributed by atoms with E-state index in [1.54, 1.807) is 6.20 Å². The van der Waals surface area contributed by atoms with Crippen LogP contribution in [0, 0.1) is 0 Å². The van der Waals surface area contributed by atoms with Gasteiger partial charge in [0.15, 0.2) is 5.82 Å². The van der Waals surface area contributed by atoms with Gasteiger partial charge in [-0.3, -0.25) is 0 Å². The minimum absolute atomic E-state index is 0.132. The quantitative estimate of drug-likeness (QED) is 0.286. The second kappa shape index (κ2) is 2.95. The summed E-state index contributed by atoms with van der Waals surface area (Å²) in [5.74, 6) is 0.424. The van der Waals surface area contributed by atoms with E-state index in [9.17, 15) is 0 Å². The molecule has 0 fully saturated rings. The molecule has 1 N–H and O–H groups in total. The van der Waals surface area contributed by atoms with E-state index < -0.39 is 0 Å². The van der Waals surface area contributed by atoms with E-state index in [0.717, 1.165) is 0 Å². The third-order valence-electron chi connectivity index (χ3n) is 0.836. The number of nitrogens with one attached hydrogen (secondary N) is 1. The van der Waals surface area contributed by atoms with Crippen molar-refractivity contribution in [2.24, 2.45) is 5.11 Å². The maximum Gasteiger partial charge on any atom is 0.150 e. The molecule has 0 saturated heterocycles. The van der Waals surface area contributed by atoms with E-state index >= 15 is 0 Å². The Labute approximate surface area is 61.7 Å².